The number of carbonyl (C=O) groups excluding carboxylic acids is 2. The zero-order valence-corrected chi connectivity index (χ0v) is 16.8. The van der Waals surface area contributed by atoms with Crippen LogP contribution in [0.5, 0.6) is 0 Å². The second-order valence-corrected chi connectivity index (χ2v) is 7.50. The van der Waals surface area contributed by atoms with Gasteiger partial charge in [0.2, 0.25) is 5.91 Å². The van der Waals surface area contributed by atoms with Crippen LogP contribution in [0.1, 0.15) is 47.2 Å². The fourth-order valence-corrected chi connectivity index (χ4v) is 3.46. The first kappa shape index (κ1) is 19.9. The molecule has 2 aromatic carbocycles. The lowest BCUT2D eigenvalue weighted by Crippen LogP contribution is -2.31. The highest BCUT2D eigenvalue weighted by molar-refractivity contribution is 5.96. The number of benzene rings is 2. The summed E-state index contributed by atoms with van der Waals surface area (Å²) in [6, 6.07) is 13.3. The molecule has 1 aliphatic heterocycles. The van der Waals surface area contributed by atoms with Crippen LogP contribution in [0, 0.1) is 13.8 Å². The molecule has 0 saturated carbocycles. The van der Waals surface area contributed by atoms with Gasteiger partial charge in [-0.3, -0.25) is 9.59 Å². The lowest BCUT2D eigenvalue weighted by Gasteiger charge is -2.20. The number of aryl methyl sites for hydroxylation is 2. The molecule has 28 heavy (non-hydrogen) atoms. The van der Waals surface area contributed by atoms with Gasteiger partial charge in [0.1, 0.15) is 0 Å². The normalized spacial score (nSPS) is 14.3. The Balaban J connectivity index is 1.54. The van der Waals surface area contributed by atoms with E-state index in [0.717, 1.165) is 42.7 Å². The molecule has 2 aromatic rings. The van der Waals surface area contributed by atoms with Crippen molar-refractivity contribution in [1.29, 1.82) is 0 Å². The van der Waals surface area contributed by atoms with E-state index in [0.29, 0.717) is 11.3 Å². The Kier molecular flexibility index (Phi) is 6.69. The topological polar surface area (TPSA) is 61.4 Å². The van der Waals surface area contributed by atoms with Crippen LogP contribution >= 0.6 is 0 Å². The molecule has 0 spiro atoms. The van der Waals surface area contributed by atoms with Gasteiger partial charge < -0.3 is 15.5 Å². The molecule has 1 heterocycles. The molecule has 2 amide bonds. The van der Waals surface area contributed by atoms with E-state index in [1.54, 1.807) is 24.3 Å². The maximum Gasteiger partial charge on any atom is 0.253 e. The predicted molar refractivity (Wildman–Crippen MR) is 114 cm³/mol. The molecule has 1 aliphatic rings. The molecule has 0 radical (unpaired) electrons. The summed E-state index contributed by atoms with van der Waals surface area (Å²) in [7, 11) is 0. The number of carbonyl (C=O) groups is 2. The third-order valence-corrected chi connectivity index (χ3v) is 5.14. The number of amides is 2. The Hall–Kier alpha value is -2.82. The number of likely N-dealkylation sites (tertiary alicyclic amines) is 1. The Morgan fingerprint density at radius 1 is 0.929 bits per heavy atom. The minimum Gasteiger partial charge on any atom is -0.376 e. The standard InChI is InChI=1S/C23H29N3O2/c1-17-7-8-18(2)21(15-17)24-16-22(27)25-20-11-9-19(10-12-20)23(28)26-13-5-3-4-6-14-26/h7-12,15,24H,3-6,13-14,16H2,1-2H3,(H,25,27). The number of hydrogen-bond donors (Lipinski definition) is 2. The van der Waals surface area contributed by atoms with E-state index < -0.39 is 0 Å². The van der Waals surface area contributed by atoms with Crippen molar-refractivity contribution in [3.05, 3.63) is 59.2 Å². The number of rotatable bonds is 5. The molecule has 3 rings (SSSR count). The summed E-state index contributed by atoms with van der Waals surface area (Å²) in [5.41, 5.74) is 4.59. The largest absolute Gasteiger partial charge is 0.376 e. The quantitative estimate of drug-likeness (QED) is 0.811. The first-order valence-corrected chi connectivity index (χ1v) is 10.0. The van der Waals surface area contributed by atoms with Gasteiger partial charge in [-0.05, 0) is 68.1 Å². The van der Waals surface area contributed by atoms with Crippen molar-refractivity contribution in [2.75, 3.05) is 30.3 Å². The SMILES string of the molecule is Cc1ccc(C)c(NCC(=O)Nc2ccc(C(=O)N3CCCCCC3)cc2)c1. The average Bonchev–Trinajstić information content (AvgIpc) is 2.98. The monoisotopic (exact) mass is 379 g/mol. The highest BCUT2D eigenvalue weighted by Gasteiger charge is 2.17. The molecule has 2 N–H and O–H groups in total. The molecule has 0 aromatic heterocycles. The highest BCUT2D eigenvalue weighted by Crippen LogP contribution is 2.17. The molecule has 148 valence electrons. The zero-order valence-electron chi connectivity index (χ0n) is 16.8. The number of hydrogen-bond acceptors (Lipinski definition) is 3. The molecule has 5 nitrogen and oxygen atoms in total. The van der Waals surface area contributed by atoms with Gasteiger partial charge in [-0.25, -0.2) is 0 Å². The number of nitrogens with zero attached hydrogens (tertiary/aromatic N) is 1. The third-order valence-electron chi connectivity index (χ3n) is 5.14. The number of nitrogens with one attached hydrogen (secondary N) is 2. The van der Waals surface area contributed by atoms with Gasteiger partial charge in [0.25, 0.3) is 5.91 Å². The zero-order chi connectivity index (χ0) is 19.9. The Morgan fingerprint density at radius 3 is 2.29 bits per heavy atom. The van der Waals surface area contributed by atoms with Crippen molar-refractivity contribution in [2.45, 2.75) is 39.5 Å². The fourth-order valence-electron chi connectivity index (χ4n) is 3.46. The molecule has 0 bridgehead atoms. The van der Waals surface area contributed by atoms with Crippen LogP contribution in [0.15, 0.2) is 42.5 Å². The van der Waals surface area contributed by atoms with Crippen LogP contribution in [0.3, 0.4) is 0 Å². The van der Waals surface area contributed by atoms with E-state index in [1.165, 1.54) is 12.8 Å². The summed E-state index contributed by atoms with van der Waals surface area (Å²) in [5, 5.41) is 6.06. The van der Waals surface area contributed by atoms with E-state index in [4.69, 9.17) is 0 Å². The van der Waals surface area contributed by atoms with Crippen LogP contribution in [0.2, 0.25) is 0 Å². The second-order valence-electron chi connectivity index (χ2n) is 7.50. The average molecular weight is 380 g/mol. The van der Waals surface area contributed by atoms with Crippen LogP contribution in [0.4, 0.5) is 11.4 Å². The van der Waals surface area contributed by atoms with Gasteiger partial charge in [0.05, 0.1) is 6.54 Å². The highest BCUT2D eigenvalue weighted by atomic mass is 16.2. The van der Waals surface area contributed by atoms with Gasteiger partial charge >= 0.3 is 0 Å². The van der Waals surface area contributed by atoms with Crippen LogP contribution in [-0.4, -0.2) is 36.3 Å². The van der Waals surface area contributed by atoms with Gasteiger partial charge in [-0.1, -0.05) is 25.0 Å². The van der Waals surface area contributed by atoms with E-state index in [-0.39, 0.29) is 18.4 Å². The van der Waals surface area contributed by atoms with E-state index >= 15 is 0 Å². The van der Waals surface area contributed by atoms with Crippen molar-refractivity contribution in [1.82, 2.24) is 4.90 Å². The summed E-state index contributed by atoms with van der Waals surface area (Å²) < 4.78 is 0. The second kappa shape index (κ2) is 9.40. The lowest BCUT2D eigenvalue weighted by molar-refractivity contribution is -0.114. The molecular formula is C23H29N3O2. The van der Waals surface area contributed by atoms with Crippen molar-refractivity contribution < 1.29 is 9.59 Å². The maximum atomic E-state index is 12.6. The van der Waals surface area contributed by atoms with Crippen molar-refractivity contribution in [3.63, 3.8) is 0 Å². The van der Waals surface area contributed by atoms with Crippen molar-refractivity contribution >= 4 is 23.2 Å². The molecule has 0 atom stereocenters. The van der Waals surface area contributed by atoms with E-state index in [9.17, 15) is 9.59 Å². The molecular weight excluding hydrogens is 350 g/mol. The van der Waals surface area contributed by atoms with Gasteiger partial charge in [-0.2, -0.15) is 0 Å². The van der Waals surface area contributed by atoms with E-state index in [2.05, 4.69) is 16.7 Å². The van der Waals surface area contributed by atoms with E-state index in [1.807, 2.05) is 30.9 Å². The molecule has 1 saturated heterocycles. The van der Waals surface area contributed by atoms with Gasteiger partial charge in [0.15, 0.2) is 0 Å². The predicted octanol–water partition coefficient (Wildman–Crippen LogP) is 4.37. The van der Waals surface area contributed by atoms with Crippen molar-refractivity contribution in [3.8, 4) is 0 Å². The fraction of sp³-hybridized carbons (Fsp3) is 0.391. The maximum absolute atomic E-state index is 12.6. The molecule has 0 aliphatic carbocycles. The summed E-state index contributed by atoms with van der Waals surface area (Å²) in [6.45, 7) is 5.90. The summed E-state index contributed by atoms with van der Waals surface area (Å²) in [5.74, 6) is -0.0381. The molecule has 0 unspecified atom stereocenters. The Morgan fingerprint density at radius 2 is 1.61 bits per heavy atom. The third kappa shape index (κ3) is 5.35. The van der Waals surface area contributed by atoms with Crippen LogP contribution in [0.25, 0.3) is 0 Å². The van der Waals surface area contributed by atoms with Crippen molar-refractivity contribution in [2.24, 2.45) is 0 Å². The van der Waals surface area contributed by atoms with Gasteiger partial charge in [0, 0.05) is 30.0 Å². The Bertz CT molecular complexity index is 822. The minimum absolute atomic E-state index is 0.0800. The summed E-state index contributed by atoms with van der Waals surface area (Å²) >= 11 is 0. The van der Waals surface area contributed by atoms with Gasteiger partial charge in [-0.15, -0.1) is 0 Å². The smallest absolute Gasteiger partial charge is 0.253 e. The first-order chi connectivity index (χ1) is 13.5. The number of anilines is 2. The first-order valence-electron chi connectivity index (χ1n) is 10.0. The summed E-state index contributed by atoms with van der Waals surface area (Å²) in [6.07, 6.45) is 4.55. The Labute approximate surface area is 167 Å². The van der Waals surface area contributed by atoms with Crippen LogP contribution < -0.4 is 10.6 Å². The molecule has 5 heteroatoms. The molecule has 1 fully saturated rings. The lowest BCUT2D eigenvalue weighted by atomic mass is 10.1. The van der Waals surface area contributed by atoms with Crippen LogP contribution in [-0.2, 0) is 4.79 Å². The summed E-state index contributed by atoms with van der Waals surface area (Å²) in [4.78, 5) is 26.8. The minimum atomic E-state index is -0.118.